The number of alkyl halides is 3. The quantitative estimate of drug-likeness (QED) is 0.590. The largest absolute Gasteiger partial charge is 0.495 e. The average Bonchev–Trinajstić information content (AvgIpc) is 3.16. The van der Waals surface area contributed by atoms with E-state index in [9.17, 15) is 23.1 Å². The molecule has 7 nitrogen and oxygen atoms in total. The lowest BCUT2D eigenvalue weighted by atomic mass is 9.94. The topological polar surface area (TPSA) is 74.6 Å². The number of methoxy groups -OCH3 is 1. The molecule has 1 fully saturated rings. The van der Waals surface area contributed by atoms with Crippen LogP contribution in [0.5, 0.6) is 11.5 Å². The number of aliphatic carboxylic acids is 1. The molecule has 0 saturated carbocycles. The maximum Gasteiger partial charge on any atom is 0.431 e. The Kier molecular flexibility index (Phi) is 7.09. The number of piperidine rings is 1. The summed E-state index contributed by atoms with van der Waals surface area (Å²) < 4.78 is 51.7. The molecule has 2 atom stereocenters. The Bertz CT molecular complexity index is 1070. The Morgan fingerprint density at radius 2 is 1.77 bits per heavy atom. The highest BCUT2D eigenvalue weighted by molar-refractivity contribution is 5.95. The molecule has 0 aliphatic carbocycles. The van der Waals surface area contributed by atoms with Crippen LogP contribution in [0.25, 0.3) is 0 Å². The number of hydrogen-bond acceptors (Lipinski definition) is 6. The van der Waals surface area contributed by atoms with Gasteiger partial charge in [-0.05, 0) is 36.4 Å². The number of carbonyl (C=O) groups is 1. The molecule has 188 valence electrons. The lowest BCUT2D eigenvalue weighted by Crippen LogP contribution is -2.38. The first-order valence-electron chi connectivity index (χ1n) is 11.5. The van der Waals surface area contributed by atoms with Crippen molar-refractivity contribution in [2.24, 2.45) is 11.0 Å². The van der Waals surface area contributed by atoms with Gasteiger partial charge in [-0.3, -0.25) is 9.80 Å². The number of carboxylic acids is 1. The summed E-state index contributed by atoms with van der Waals surface area (Å²) in [4.78, 5) is 13.5. The molecule has 1 N–H and O–H groups in total. The number of rotatable bonds is 7. The van der Waals surface area contributed by atoms with Crippen molar-refractivity contribution >= 4 is 23.1 Å². The molecule has 0 radical (unpaired) electrons. The van der Waals surface area contributed by atoms with Crippen molar-refractivity contribution in [2.75, 3.05) is 30.1 Å². The van der Waals surface area contributed by atoms with Gasteiger partial charge in [0.25, 0.3) is 0 Å². The number of nitrogens with zero attached hydrogens (tertiary/aromatic N) is 3. The molecule has 35 heavy (non-hydrogen) atoms. The number of ether oxygens (including phenoxy) is 2. The summed E-state index contributed by atoms with van der Waals surface area (Å²) in [5, 5.41) is 14.1. The van der Waals surface area contributed by atoms with Crippen molar-refractivity contribution in [1.82, 2.24) is 0 Å². The second kappa shape index (κ2) is 10.1. The molecule has 2 aliphatic rings. The monoisotopic (exact) mass is 491 g/mol. The van der Waals surface area contributed by atoms with E-state index in [4.69, 9.17) is 9.47 Å². The van der Waals surface area contributed by atoms with E-state index in [1.165, 1.54) is 6.92 Å². The van der Waals surface area contributed by atoms with Crippen LogP contribution in [0.3, 0.4) is 0 Å². The molecule has 2 aromatic rings. The summed E-state index contributed by atoms with van der Waals surface area (Å²) in [6, 6.07) is 13.6. The normalized spacial score (nSPS) is 21.1. The minimum atomic E-state index is -4.62. The van der Waals surface area contributed by atoms with Crippen LogP contribution in [-0.4, -0.2) is 55.3 Å². The van der Waals surface area contributed by atoms with Gasteiger partial charge in [0.05, 0.1) is 30.9 Å². The van der Waals surface area contributed by atoms with Crippen molar-refractivity contribution < 1.29 is 32.5 Å². The van der Waals surface area contributed by atoms with E-state index in [0.717, 1.165) is 42.4 Å². The van der Waals surface area contributed by atoms with Gasteiger partial charge in [-0.25, -0.2) is 0 Å². The number of carboxylic acid groups (broad SMARTS) is 1. The molecule has 2 heterocycles. The Hall–Kier alpha value is -3.43. The molecule has 2 aromatic carbocycles. The number of hydrogen-bond donors (Lipinski definition) is 1. The van der Waals surface area contributed by atoms with Crippen LogP contribution < -0.4 is 19.4 Å². The predicted octanol–water partition coefficient (Wildman–Crippen LogP) is 4.96. The predicted molar refractivity (Wildman–Crippen MR) is 126 cm³/mol. The van der Waals surface area contributed by atoms with E-state index < -0.39 is 36.2 Å². The van der Waals surface area contributed by atoms with Gasteiger partial charge in [-0.2, -0.15) is 18.3 Å². The van der Waals surface area contributed by atoms with Crippen molar-refractivity contribution in [2.45, 2.75) is 44.5 Å². The second-order valence-electron chi connectivity index (χ2n) is 8.75. The van der Waals surface area contributed by atoms with Gasteiger partial charge < -0.3 is 19.5 Å². The smallest absolute Gasteiger partial charge is 0.431 e. The van der Waals surface area contributed by atoms with Crippen molar-refractivity contribution in [3.63, 3.8) is 0 Å². The van der Waals surface area contributed by atoms with Crippen LogP contribution in [0, 0.1) is 5.92 Å². The van der Waals surface area contributed by atoms with Gasteiger partial charge in [0.2, 0.25) is 0 Å². The third kappa shape index (κ3) is 5.47. The van der Waals surface area contributed by atoms with Crippen molar-refractivity contribution in [1.29, 1.82) is 0 Å². The Balaban J connectivity index is 1.41. The summed E-state index contributed by atoms with van der Waals surface area (Å²) in [7, 11) is 1.65. The summed E-state index contributed by atoms with van der Waals surface area (Å²) in [5.41, 5.74) is 0.471. The van der Waals surface area contributed by atoms with E-state index >= 15 is 0 Å². The molecule has 0 amide bonds. The maximum absolute atomic E-state index is 13.4. The van der Waals surface area contributed by atoms with E-state index in [1.54, 1.807) is 31.4 Å². The number of halogens is 3. The third-order valence-corrected chi connectivity index (χ3v) is 6.48. The van der Waals surface area contributed by atoms with Crippen LogP contribution in [0.4, 0.5) is 24.5 Å². The molecule has 2 aliphatic heterocycles. The van der Waals surface area contributed by atoms with Gasteiger partial charge in [0.1, 0.15) is 23.3 Å². The number of para-hydroxylation sites is 2. The summed E-state index contributed by atoms with van der Waals surface area (Å²) in [6.45, 7) is 2.97. The highest BCUT2D eigenvalue weighted by Crippen LogP contribution is 2.37. The van der Waals surface area contributed by atoms with Gasteiger partial charge in [0.15, 0.2) is 0 Å². The van der Waals surface area contributed by atoms with Crippen LogP contribution in [-0.2, 0) is 4.79 Å². The molecule has 2 unspecified atom stereocenters. The second-order valence-corrected chi connectivity index (χ2v) is 8.75. The van der Waals surface area contributed by atoms with Crippen LogP contribution in [0.2, 0.25) is 0 Å². The highest BCUT2D eigenvalue weighted by Gasteiger charge is 2.48. The summed E-state index contributed by atoms with van der Waals surface area (Å²) >= 11 is 0. The zero-order valence-electron chi connectivity index (χ0n) is 19.5. The molecule has 0 spiro atoms. The van der Waals surface area contributed by atoms with E-state index in [0.29, 0.717) is 11.4 Å². The maximum atomic E-state index is 13.4. The van der Waals surface area contributed by atoms with Crippen molar-refractivity contribution in [3.05, 3.63) is 48.5 Å². The first-order chi connectivity index (χ1) is 16.7. The lowest BCUT2D eigenvalue weighted by Gasteiger charge is -2.34. The molecular weight excluding hydrogens is 463 g/mol. The van der Waals surface area contributed by atoms with Crippen LogP contribution in [0.1, 0.15) is 26.2 Å². The van der Waals surface area contributed by atoms with E-state index in [-0.39, 0.29) is 6.10 Å². The summed E-state index contributed by atoms with van der Waals surface area (Å²) in [5.74, 6) is -0.803. The fraction of sp³-hybridized carbons (Fsp3) is 0.440. The highest BCUT2D eigenvalue weighted by atomic mass is 19.4. The molecule has 1 saturated heterocycles. The summed E-state index contributed by atoms with van der Waals surface area (Å²) in [6.07, 6.45) is -3.44. The van der Waals surface area contributed by atoms with Gasteiger partial charge in [0, 0.05) is 31.8 Å². The first-order valence-corrected chi connectivity index (χ1v) is 11.5. The minimum Gasteiger partial charge on any atom is -0.495 e. The molecular formula is C25H28F3N3O4. The average molecular weight is 492 g/mol. The van der Waals surface area contributed by atoms with Crippen LogP contribution >= 0.6 is 0 Å². The Labute approximate surface area is 201 Å². The molecule has 4 rings (SSSR count). The number of benzene rings is 2. The zero-order chi connectivity index (χ0) is 25.2. The van der Waals surface area contributed by atoms with Gasteiger partial charge >= 0.3 is 12.1 Å². The standard InChI is InChI=1S/C25H28F3N3O4/c1-16-21(15-23(32)33)31(29-24(16)25(26,27)28)17-7-9-18(10-8-17)35-19-11-13-30(14-12-19)20-5-3-4-6-22(20)34-2/h3-10,16,19,21H,11-15H2,1-2H3,(H,32,33). The Morgan fingerprint density at radius 3 is 2.37 bits per heavy atom. The third-order valence-electron chi connectivity index (χ3n) is 6.48. The van der Waals surface area contributed by atoms with Gasteiger partial charge in [-0.1, -0.05) is 19.1 Å². The molecule has 10 heteroatoms. The molecule has 0 aromatic heterocycles. The zero-order valence-corrected chi connectivity index (χ0v) is 19.5. The lowest BCUT2D eigenvalue weighted by molar-refractivity contribution is -0.137. The minimum absolute atomic E-state index is 0.00762. The number of anilines is 2. The fourth-order valence-electron chi connectivity index (χ4n) is 4.66. The van der Waals surface area contributed by atoms with Gasteiger partial charge in [-0.15, -0.1) is 0 Å². The van der Waals surface area contributed by atoms with Crippen molar-refractivity contribution in [3.8, 4) is 11.5 Å². The Morgan fingerprint density at radius 1 is 1.11 bits per heavy atom. The van der Waals surface area contributed by atoms with Crippen LogP contribution in [0.15, 0.2) is 53.6 Å². The number of hydrazone groups is 1. The fourth-order valence-corrected chi connectivity index (χ4v) is 4.66. The van der Waals surface area contributed by atoms with E-state index in [2.05, 4.69) is 10.0 Å². The molecule has 0 bridgehead atoms. The first kappa shape index (κ1) is 24.7. The SMILES string of the molecule is COc1ccccc1N1CCC(Oc2ccc(N3N=C(C(F)(F)F)C(C)C3CC(=O)O)cc2)CC1. The van der Waals surface area contributed by atoms with E-state index in [1.807, 2.05) is 24.3 Å².